The van der Waals surface area contributed by atoms with Crippen molar-refractivity contribution in [1.82, 2.24) is 0 Å². The Morgan fingerprint density at radius 2 is 1.54 bits per heavy atom. The number of hydrogen-bond donors (Lipinski definition) is 1. The molecule has 0 spiro atoms. The average Bonchev–Trinajstić information content (AvgIpc) is 2.44. The molecule has 1 aromatic rings. The van der Waals surface area contributed by atoms with Gasteiger partial charge in [-0.15, -0.1) is 0 Å². The molecule has 0 bridgehead atoms. The minimum atomic E-state index is -0.700. The quantitative estimate of drug-likeness (QED) is 0.438. The molecule has 1 N–H and O–H groups in total. The molecule has 5 heteroatoms. The highest BCUT2D eigenvalue weighted by atomic mass is 16.5. The van der Waals surface area contributed by atoms with Crippen LogP contribution in [-0.4, -0.2) is 25.8 Å². The molecule has 0 unspecified atom stereocenters. The van der Waals surface area contributed by atoms with Gasteiger partial charge in [-0.25, -0.2) is 0 Å². The summed E-state index contributed by atoms with van der Waals surface area (Å²) in [5.74, 6) is -0.104. The van der Waals surface area contributed by atoms with Crippen molar-refractivity contribution < 1.29 is 14.3 Å². The molecule has 0 aromatic heterocycles. The first-order valence-electron chi connectivity index (χ1n) is 9.86. The summed E-state index contributed by atoms with van der Waals surface area (Å²) in [6.07, 6.45) is 2.27. The van der Waals surface area contributed by atoms with E-state index in [1.165, 1.54) is 5.56 Å². The van der Waals surface area contributed by atoms with E-state index in [0.29, 0.717) is 12.9 Å². The zero-order valence-electron chi connectivity index (χ0n) is 18.8. The lowest BCUT2D eigenvalue weighted by Crippen LogP contribution is -2.39. The number of benzene rings is 1. The molecule has 0 fully saturated rings. The fourth-order valence-electron chi connectivity index (χ4n) is 4.17. The van der Waals surface area contributed by atoms with E-state index in [2.05, 4.69) is 33.0 Å². The van der Waals surface area contributed by atoms with Crippen LogP contribution in [0.1, 0.15) is 73.8 Å². The van der Waals surface area contributed by atoms with E-state index in [4.69, 9.17) is 12.6 Å². The van der Waals surface area contributed by atoms with Gasteiger partial charge in [0.05, 0.1) is 7.85 Å². The lowest BCUT2D eigenvalue weighted by Gasteiger charge is -2.33. The maximum atomic E-state index is 12.7. The number of carbonyl (C=O) groups excluding carboxylic acids is 2. The highest BCUT2D eigenvalue weighted by Gasteiger charge is 2.36. The highest BCUT2D eigenvalue weighted by Crippen LogP contribution is 2.38. The van der Waals surface area contributed by atoms with E-state index >= 15 is 0 Å². The molecule has 1 aromatic carbocycles. The van der Waals surface area contributed by atoms with Crippen LogP contribution >= 0.6 is 0 Å². The van der Waals surface area contributed by atoms with Gasteiger partial charge in [0.2, 0.25) is 5.91 Å². The second kappa shape index (κ2) is 8.71. The molecule has 0 aliphatic heterocycles. The molecule has 4 nitrogen and oxygen atoms in total. The number of amides is 1. The Bertz CT molecular complexity index is 670. The molecule has 1 amide bonds. The number of anilines is 1. The molecular formula is C23H36BNO3. The summed E-state index contributed by atoms with van der Waals surface area (Å²) in [6.45, 7) is 16.3. The molecule has 0 aliphatic carbocycles. The third kappa shape index (κ3) is 8.49. The molecule has 0 saturated carbocycles. The molecule has 0 atom stereocenters. The summed E-state index contributed by atoms with van der Waals surface area (Å²) in [5.41, 5.74) is 0.684. The largest absolute Gasteiger partial charge is 0.462 e. The predicted molar refractivity (Wildman–Crippen MR) is 117 cm³/mol. The van der Waals surface area contributed by atoms with Crippen LogP contribution in [0.25, 0.3) is 0 Å². The van der Waals surface area contributed by atoms with E-state index in [9.17, 15) is 9.59 Å². The number of hydrogen-bond acceptors (Lipinski definition) is 3. The molecule has 0 heterocycles. The van der Waals surface area contributed by atoms with Gasteiger partial charge in [-0.2, -0.15) is 0 Å². The Hall–Kier alpha value is -1.78. The molecule has 1 rings (SSSR count). The van der Waals surface area contributed by atoms with E-state index in [1.807, 2.05) is 38.1 Å². The van der Waals surface area contributed by atoms with Crippen LogP contribution in [-0.2, 0) is 20.7 Å². The van der Waals surface area contributed by atoms with Gasteiger partial charge in [0, 0.05) is 17.5 Å². The summed E-state index contributed by atoms with van der Waals surface area (Å²) in [7, 11) is 6.18. The zero-order chi connectivity index (χ0) is 21.8. The Balaban J connectivity index is 2.76. The molecule has 0 aliphatic rings. The first kappa shape index (κ1) is 24.3. The summed E-state index contributed by atoms with van der Waals surface area (Å²) in [5, 5.41) is 2.77. The lowest BCUT2D eigenvalue weighted by molar-refractivity contribution is -0.145. The van der Waals surface area contributed by atoms with Gasteiger partial charge in [-0.1, -0.05) is 65.4 Å². The van der Waals surface area contributed by atoms with Crippen LogP contribution in [0.4, 0.5) is 5.69 Å². The van der Waals surface area contributed by atoms with Gasteiger partial charge in [0.1, 0.15) is 5.60 Å². The smallest absolute Gasteiger partial charge is 0.293 e. The number of ether oxygens (including phenoxy) is 1. The van der Waals surface area contributed by atoms with E-state index in [-0.39, 0.29) is 16.6 Å². The van der Waals surface area contributed by atoms with Gasteiger partial charge in [-0.05, 0) is 43.4 Å². The Kier molecular flexibility index (Phi) is 7.55. The topological polar surface area (TPSA) is 55.4 Å². The van der Waals surface area contributed by atoms with E-state index in [1.54, 1.807) is 13.8 Å². The summed E-state index contributed by atoms with van der Waals surface area (Å²) in [4.78, 5) is 23.4. The fraction of sp³-hybridized carbons (Fsp3) is 0.652. The van der Waals surface area contributed by atoms with Crippen LogP contribution in [0.5, 0.6) is 0 Å². The van der Waals surface area contributed by atoms with Crippen LogP contribution < -0.4 is 5.32 Å². The van der Waals surface area contributed by atoms with Crippen molar-refractivity contribution in [2.75, 3.05) is 5.32 Å². The van der Waals surface area contributed by atoms with Gasteiger partial charge < -0.3 is 10.1 Å². The third-order valence-electron chi connectivity index (χ3n) is 4.68. The van der Waals surface area contributed by atoms with Crippen molar-refractivity contribution in [2.24, 2.45) is 10.8 Å². The van der Waals surface area contributed by atoms with E-state index < -0.39 is 11.0 Å². The molecule has 154 valence electrons. The van der Waals surface area contributed by atoms with Gasteiger partial charge in [0.15, 0.2) is 0 Å². The Morgan fingerprint density at radius 1 is 1.00 bits per heavy atom. The zero-order valence-corrected chi connectivity index (χ0v) is 18.8. The predicted octanol–water partition coefficient (Wildman–Crippen LogP) is 5.32. The van der Waals surface area contributed by atoms with Crippen molar-refractivity contribution in [3.8, 4) is 0 Å². The third-order valence-corrected chi connectivity index (χ3v) is 4.68. The maximum Gasteiger partial charge on any atom is 0.293 e. The lowest BCUT2D eigenvalue weighted by atomic mass is 9.62. The number of carbonyl (C=O) groups is 2. The highest BCUT2D eigenvalue weighted by molar-refractivity contribution is 6.14. The first-order valence-corrected chi connectivity index (χ1v) is 9.86. The molecule has 0 saturated heterocycles. The second-order valence-electron chi connectivity index (χ2n) is 10.7. The van der Waals surface area contributed by atoms with Crippen molar-refractivity contribution in [1.29, 1.82) is 0 Å². The minimum Gasteiger partial charge on any atom is -0.462 e. The van der Waals surface area contributed by atoms with Gasteiger partial charge in [0.25, 0.3) is 6.47 Å². The molecule has 2 radical (unpaired) electrons. The van der Waals surface area contributed by atoms with E-state index in [0.717, 1.165) is 18.5 Å². The van der Waals surface area contributed by atoms with Crippen molar-refractivity contribution in [2.45, 2.75) is 85.6 Å². The number of nitrogens with one attached hydrogen (secondary N) is 1. The molecule has 28 heavy (non-hydrogen) atoms. The van der Waals surface area contributed by atoms with Crippen LogP contribution in [0.2, 0.25) is 5.31 Å². The average molecular weight is 385 g/mol. The summed E-state index contributed by atoms with van der Waals surface area (Å²) >= 11 is 0. The van der Waals surface area contributed by atoms with Crippen molar-refractivity contribution in [3.63, 3.8) is 0 Å². The normalized spacial score (nSPS) is 13.1. The Morgan fingerprint density at radius 3 is 2.00 bits per heavy atom. The Labute approximate surface area is 172 Å². The van der Waals surface area contributed by atoms with Gasteiger partial charge in [-0.3, -0.25) is 9.59 Å². The number of rotatable bonds is 10. The fourth-order valence-corrected chi connectivity index (χ4v) is 4.17. The molecular weight excluding hydrogens is 349 g/mol. The summed E-state index contributed by atoms with van der Waals surface area (Å²) in [6, 6.07) is 7.96. The van der Waals surface area contributed by atoms with Crippen molar-refractivity contribution in [3.05, 3.63) is 29.8 Å². The standard InChI is InChI=1S/C23H36BNO3/c1-20(2,14-22(5,6)24)13-17-9-11-18(12-10-17)25-19(27)21(3,4)15-23(7,8)28-16-26/h9-12,16H,13-15H2,1-8H3,(H,25,27). The van der Waals surface area contributed by atoms with Crippen LogP contribution in [0.15, 0.2) is 24.3 Å². The van der Waals surface area contributed by atoms with Gasteiger partial charge >= 0.3 is 0 Å². The first-order chi connectivity index (χ1) is 12.6. The SMILES string of the molecule is [B]C(C)(C)CC(C)(C)Cc1ccc(NC(=O)C(C)(C)CC(C)(C)OC=O)cc1. The van der Waals surface area contributed by atoms with Crippen LogP contribution in [0.3, 0.4) is 0 Å². The maximum absolute atomic E-state index is 12.7. The second-order valence-corrected chi connectivity index (χ2v) is 10.7. The van der Waals surface area contributed by atoms with Crippen LogP contribution in [0, 0.1) is 10.8 Å². The van der Waals surface area contributed by atoms with Crippen molar-refractivity contribution >= 4 is 25.9 Å². The monoisotopic (exact) mass is 385 g/mol. The minimum absolute atomic E-state index is 0.0924. The summed E-state index contributed by atoms with van der Waals surface area (Å²) < 4.78 is 5.09.